The number of carbonyl (C=O) groups is 1. The molecule has 47 heavy (non-hydrogen) atoms. The zero-order chi connectivity index (χ0) is 32.9. The molecule has 1 N–H and O–H groups in total. The molecule has 0 saturated heterocycles. The van der Waals surface area contributed by atoms with Crippen molar-refractivity contribution in [2.24, 2.45) is 0 Å². The normalized spacial score (nSPS) is 14.0. The lowest BCUT2D eigenvalue weighted by atomic mass is 9.99. The molecule has 1 saturated carbocycles. The summed E-state index contributed by atoms with van der Waals surface area (Å²) in [5.41, 5.74) is 2.51. The Morgan fingerprint density at radius 1 is 0.872 bits per heavy atom. The molecule has 1 aliphatic rings. The van der Waals surface area contributed by atoms with E-state index in [2.05, 4.69) is 5.32 Å². The van der Waals surface area contributed by atoms with Crippen molar-refractivity contribution in [3.63, 3.8) is 0 Å². The molecule has 1 fully saturated rings. The Labute approximate surface area is 287 Å². The van der Waals surface area contributed by atoms with E-state index in [0.29, 0.717) is 56.5 Å². The van der Waals surface area contributed by atoms with E-state index in [9.17, 15) is 14.0 Å². The smallest absolute Gasteiger partial charge is 0.328 e. The van der Waals surface area contributed by atoms with Gasteiger partial charge >= 0.3 is 5.97 Å². The zero-order valence-electron chi connectivity index (χ0n) is 25.4. The number of carbonyl (C=O) groups excluding carboxylic acids is 1. The molecule has 0 radical (unpaired) electrons. The number of halogens is 4. The van der Waals surface area contributed by atoms with Crippen LogP contribution in [0.4, 0.5) is 4.39 Å². The second-order valence-electron chi connectivity index (χ2n) is 11.4. The summed E-state index contributed by atoms with van der Waals surface area (Å²) in [4.78, 5) is 26.5. The summed E-state index contributed by atoms with van der Waals surface area (Å²) in [5.74, 6) is -0.296. The van der Waals surface area contributed by atoms with Crippen molar-refractivity contribution in [2.75, 3.05) is 13.2 Å². The fourth-order valence-electron chi connectivity index (χ4n) is 6.00. The van der Waals surface area contributed by atoms with Crippen LogP contribution in [0, 0.1) is 5.82 Å². The van der Waals surface area contributed by atoms with Crippen molar-refractivity contribution in [1.82, 2.24) is 9.88 Å². The summed E-state index contributed by atoms with van der Waals surface area (Å²) in [6, 6.07) is 24.8. The van der Waals surface area contributed by atoms with Crippen molar-refractivity contribution >= 4 is 51.7 Å². The van der Waals surface area contributed by atoms with Gasteiger partial charge in [-0.3, -0.25) is 9.36 Å². The van der Waals surface area contributed by atoms with Gasteiger partial charge in [-0.15, -0.1) is 0 Å². The maximum absolute atomic E-state index is 14.0. The van der Waals surface area contributed by atoms with Crippen LogP contribution in [0.1, 0.15) is 43.7 Å². The molecule has 0 amide bonds. The Hall–Kier alpha value is -3.88. The summed E-state index contributed by atoms with van der Waals surface area (Å²) in [5, 5.41) is 4.80. The summed E-state index contributed by atoms with van der Waals surface area (Å²) in [7, 11) is 0. The van der Waals surface area contributed by atoms with Crippen molar-refractivity contribution < 1.29 is 18.7 Å². The van der Waals surface area contributed by atoms with E-state index in [0.717, 1.165) is 31.2 Å². The SMILES string of the molecule is O=C(OC1CCCC1)[C@@H](NCCCOc1cc(-c2ccc(F)cc2Cl)c2ccc(=O)n(-c3c(Cl)cccc3Cl)c2c1)c1ccccc1. The van der Waals surface area contributed by atoms with Crippen LogP contribution in [-0.2, 0) is 9.53 Å². The van der Waals surface area contributed by atoms with Gasteiger partial charge in [0, 0.05) is 23.1 Å². The van der Waals surface area contributed by atoms with Crippen LogP contribution in [0.5, 0.6) is 5.75 Å². The quantitative estimate of drug-likeness (QED) is 0.110. The average molecular weight is 694 g/mol. The van der Waals surface area contributed by atoms with Gasteiger partial charge in [-0.2, -0.15) is 0 Å². The Morgan fingerprint density at radius 2 is 1.62 bits per heavy atom. The lowest BCUT2D eigenvalue weighted by Crippen LogP contribution is -2.33. The van der Waals surface area contributed by atoms with Gasteiger partial charge in [0.05, 0.1) is 32.9 Å². The number of benzene rings is 4. The summed E-state index contributed by atoms with van der Waals surface area (Å²) in [6.45, 7) is 0.766. The highest BCUT2D eigenvalue weighted by Crippen LogP contribution is 2.39. The van der Waals surface area contributed by atoms with E-state index in [1.54, 1.807) is 36.4 Å². The minimum Gasteiger partial charge on any atom is -0.493 e. The van der Waals surface area contributed by atoms with Gasteiger partial charge in [0.15, 0.2) is 0 Å². The summed E-state index contributed by atoms with van der Waals surface area (Å²) < 4.78 is 27.5. The second-order valence-corrected chi connectivity index (χ2v) is 12.7. The van der Waals surface area contributed by atoms with Crippen molar-refractivity contribution in [2.45, 2.75) is 44.2 Å². The number of hydrogen-bond donors (Lipinski definition) is 1. The van der Waals surface area contributed by atoms with Crippen LogP contribution < -0.4 is 15.6 Å². The van der Waals surface area contributed by atoms with Crippen LogP contribution >= 0.6 is 34.8 Å². The van der Waals surface area contributed by atoms with E-state index in [1.165, 1.54) is 22.8 Å². The minimum absolute atomic E-state index is 0.0337. The first kappa shape index (κ1) is 33.0. The Bertz CT molecular complexity index is 1940. The number of aromatic nitrogens is 1. The summed E-state index contributed by atoms with van der Waals surface area (Å²) >= 11 is 19.6. The van der Waals surface area contributed by atoms with E-state index >= 15 is 0 Å². The van der Waals surface area contributed by atoms with Gasteiger partial charge in [0.25, 0.3) is 5.56 Å². The third-order valence-corrected chi connectivity index (χ3v) is 9.18. The number of hydrogen-bond acceptors (Lipinski definition) is 5. The molecule has 4 aromatic carbocycles. The molecule has 1 atom stereocenters. The highest BCUT2D eigenvalue weighted by Gasteiger charge is 2.26. The van der Waals surface area contributed by atoms with Crippen LogP contribution in [-0.4, -0.2) is 29.8 Å². The Balaban J connectivity index is 1.28. The molecule has 0 bridgehead atoms. The minimum atomic E-state index is -0.598. The van der Waals surface area contributed by atoms with Crippen LogP contribution in [0.25, 0.3) is 27.7 Å². The van der Waals surface area contributed by atoms with Gasteiger partial charge in [0.1, 0.15) is 23.7 Å². The highest BCUT2D eigenvalue weighted by molar-refractivity contribution is 6.38. The van der Waals surface area contributed by atoms with Crippen molar-refractivity contribution in [1.29, 1.82) is 0 Å². The maximum atomic E-state index is 14.0. The molecule has 10 heteroatoms. The van der Waals surface area contributed by atoms with E-state index in [4.69, 9.17) is 44.3 Å². The number of para-hydroxylation sites is 1. The molecule has 1 aromatic heterocycles. The van der Waals surface area contributed by atoms with E-state index < -0.39 is 11.9 Å². The maximum Gasteiger partial charge on any atom is 0.328 e. The lowest BCUT2D eigenvalue weighted by molar-refractivity contribution is -0.151. The fraction of sp³-hybridized carbons (Fsp3) is 0.243. The topological polar surface area (TPSA) is 69.6 Å². The molecule has 5 aromatic rings. The van der Waals surface area contributed by atoms with Gasteiger partial charge in [-0.1, -0.05) is 71.2 Å². The van der Waals surface area contributed by atoms with Crippen LogP contribution in [0.3, 0.4) is 0 Å². The number of rotatable bonds is 11. The molecule has 1 heterocycles. The summed E-state index contributed by atoms with van der Waals surface area (Å²) in [6.07, 6.45) is 4.47. The van der Waals surface area contributed by atoms with Crippen LogP contribution in [0.2, 0.25) is 15.1 Å². The van der Waals surface area contributed by atoms with Crippen molar-refractivity contribution in [3.05, 3.63) is 128 Å². The van der Waals surface area contributed by atoms with E-state index in [1.807, 2.05) is 36.4 Å². The molecule has 242 valence electrons. The Kier molecular flexibility index (Phi) is 10.5. The number of nitrogens with zero attached hydrogens (tertiary/aromatic N) is 1. The van der Waals surface area contributed by atoms with Crippen molar-refractivity contribution in [3.8, 4) is 22.6 Å². The number of pyridine rings is 1. The third kappa shape index (κ3) is 7.49. The molecule has 6 rings (SSSR count). The van der Waals surface area contributed by atoms with Gasteiger partial charge in [-0.25, -0.2) is 9.18 Å². The zero-order valence-corrected chi connectivity index (χ0v) is 27.6. The molecule has 0 spiro atoms. The average Bonchev–Trinajstić information content (AvgIpc) is 3.57. The largest absolute Gasteiger partial charge is 0.493 e. The first-order valence-electron chi connectivity index (χ1n) is 15.5. The first-order chi connectivity index (χ1) is 22.8. The monoisotopic (exact) mass is 692 g/mol. The molecule has 1 aliphatic carbocycles. The molecule has 6 nitrogen and oxygen atoms in total. The van der Waals surface area contributed by atoms with Gasteiger partial charge < -0.3 is 14.8 Å². The molecule has 0 unspecified atom stereocenters. The second kappa shape index (κ2) is 14.9. The molecular formula is C37H32Cl3FN2O4. The number of ether oxygens (including phenoxy) is 2. The van der Waals surface area contributed by atoms with Crippen LogP contribution in [0.15, 0.2) is 95.8 Å². The molecule has 0 aliphatic heterocycles. The predicted octanol–water partition coefficient (Wildman–Crippen LogP) is 9.34. The number of fused-ring (bicyclic) bond motifs is 1. The molecular weight excluding hydrogens is 662 g/mol. The number of nitrogens with one attached hydrogen (secondary N) is 1. The predicted molar refractivity (Wildman–Crippen MR) is 186 cm³/mol. The third-order valence-electron chi connectivity index (χ3n) is 8.26. The Morgan fingerprint density at radius 3 is 2.34 bits per heavy atom. The van der Waals surface area contributed by atoms with E-state index in [-0.39, 0.29) is 29.3 Å². The lowest BCUT2D eigenvalue weighted by Gasteiger charge is -2.21. The highest BCUT2D eigenvalue weighted by atomic mass is 35.5. The first-order valence-corrected chi connectivity index (χ1v) is 16.6. The fourth-order valence-corrected chi connectivity index (χ4v) is 6.83. The number of esters is 1. The van der Waals surface area contributed by atoms with Gasteiger partial charge in [0.2, 0.25) is 0 Å². The standard InChI is InChI=1S/C37H32Cl3FN2O4/c38-30-12-6-13-31(39)36(30)43-33-22-26(21-29(28(33)16-17-34(43)44)27-15-14-24(41)20-32(27)40)46-19-7-18-42-35(23-8-2-1-3-9-23)37(45)47-25-10-4-5-11-25/h1-3,6,8-9,12-17,20-22,25,35,42H,4-5,7,10-11,18-19H2/t35-/m0/s1. The van der Waals surface area contributed by atoms with Gasteiger partial charge in [-0.05, 0) is 92.2 Å².